The first-order valence-electron chi connectivity index (χ1n) is 8.01. The number of methoxy groups -OCH3 is 1. The van der Waals surface area contributed by atoms with E-state index in [1.807, 2.05) is 0 Å². The maximum Gasteiger partial charge on any atom is 0.0590 e. The lowest BCUT2D eigenvalue weighted by molar-refractivity contribution is 0.0309. The van der Waals surface area contributed by atoms with Crippen molar-refractivity contribution in [3.63, 3.8) is 0 Å². The molecule has 0 fully saturated rings. The van der Waals surface area contributed by atoms with E-state index in [-0.39, 0.29) is 5.54 Å². The van der Waals surface area contributed by atoms with Crippen LogP contribution in [0.5, 0.6) is 0 Å². The first-order valence-corrected chi connectivity index (χ1v) is 8.01. The monoisotopic (exact) mass is 272 g/mol. The molecule has 0 aromatic carbocycles. The van der Waals surface area contributed by atoms with E-state index in [4.69, 9.17) is 10.5 Å². The zero-order chi connectivity index (χ0) is 14.7. The average molecular weight is 272 g/mol. The Hall–Kier alpha value is -0.120. The van der Waals surface area contributed by atoms with Gasteiger partial charge in [-0.2, -0.15) is 0 Å². The summed E-state index contributed by atoms with van der Waals surface area (Å²) < 4.78 is 5.27. The molecule has 0 heterocycles. The molecular weight excluding hydrogens is 236 g/mol. The molecule has 116 valence electrons. The van der Waals surface area contributed by atoms with Crippen LogP contribution in [0.25, 0.3) is 0 Å². The summed E-state index contributed by atoms with van der Waals surface area (Å²) in [5.41, 5.74) is 6.22. The summed E-state index contributed by atoms with van der Waals surface area (Å²) in [5.74, 6) is 0. The molecule has 0 saturated carbocycles. The molecule has 0 aliphatic carbocycles. The second-order valence-electron chi connectivity index (χ2n) is 5.96. The molecule has 2 atom stereocenters. The Morgan fingerprint density at radius 1 is 1.21 bits per heavy atom. The summed E-state index contributed by atoms with van der Waals surface area (Å²) in [7, 11) is 1.77. The number of nitrogens with zero attached hydrogens (tertiary/aromatic N) is 1. The van der Waals surface area contributed by atoms with E-state index in [2.05, 4.69) is 32.6 Å². The fraction of sp³-hybridized carbons (Fsp3) is 1.00. The summed E-state index contributed by atoms with van der Waals surface area (Å²) in [6.45, 7) is 11.6. The lowest BCUT2D eigenvalue weighted by Crippen LogP contribution is -2.56. The summed E-state index contributed by atoms with van der Waals surface area (Å²) in [6, 6.07) is 0.565. The summed E-state index contributed by atoms with van der Waals surface area (Å²) in [6.07, 6.45) is 7.58. The molecule has 2 unspecified atom stereocenters. The van der Waals surface area contributed by atoms with E-state index in [0.29, 0.717) is 6.04 Å². The number of ether oxygens (including phenoxy) is 1. The van der Waals surface area contributed by atoms with Crippen molar-refractivity contribution in [3.05, 3.63) is 0 Å². The highest BCUT2D eigenvalue weighted by Gasteiger charge is 2.32. The minimum atomic E-state index is 0.113. The van der Waals surface area contributed by atoms with Gasteiger partial charge in [0.15, 0.2) is 0 Å². The van der Waals surface area contributed by atoms with Gasteiger partial charge in [-0.25, -0.2) is 0 Å². The van der Waals surface area contributed by atoms with Gasteiger partial charge in [-0.1, -0.05) is 39.5 Å². The number of nitrogens with two attached hydrogens (primary N) is 1. The van der Waals surface area contributed by atoms with E-state index < -0.39 is 0 Å². The lowest BCUT2D eigenvalue weighted by atomic mass is 9.90. The molecule has 2 N–H and O–H groups in total. The summed E-state index contributed by atoms with van der Waals surface area (Å²) in [5, 5.41) is 0. The van der Waals surface area contributed by atoms with Crippen molar-refractivity contribution < 1.29 is 4.74 Å². The highest BCUT2D eigenvalue weighted by molar-refractivity contribution is 4.90. The van der Waals surface area contributed by atoms with E-state index in [1.165, 1.54) is 32.1 Å². The highest BCUT2D eigenvalue weighted by atomic mass is 16.5. The minimum Gasteiger partial charge on any atom is -0.383 e. The first kappa shape index (κ1) is 18.9. The predicted molar refractivity (Wildman–Crippen MR) is 84.6 cm³/mol. The molecule has 0 spiro atoms. The maximum atomic E-state index is 6.10. The maximum absolute atomic E-state index is 6.10. The fourth-order valence-electron chi connectivity index (χ4n) is 2.73. The molecule has 0 aliphatic rings. The first-order chi connectivity index (χ1) is 9.05. The second kappa shape index (κ2) is 10.6. The van der Waals surface area contributed by atoms with Gasteiger partial charge < -0.3 is 10.5 Å². The summed E-state index contributed by atoms with van der Waals surface area (Å²) >= 11 is 0. The SMILES string of the molecule is CCCCCCC(C)(CN)N(CCOC)C(C)CC. The van der Waals surface area contributed by atoms with Crippen molar-refractivity contribution >= 4 is 0 Å². The van der Waals surface area contributed by atoms with Gasteiger partial charge in [0.05, 0.1) is 6.61 Å². The fourth-order valence-corrected chi connectivity index (χ4v) is 2.73. The molecule has 0 aromatic rings. The van der Waals surface area contributed by atoms with Crippen molar-refractivity contribution in [2.75, 3.05) is 26.8 Å². The van der Waals surface area contributed by atoms with Crippen LogP contribution in [0.15, 0.2) is 0 Å². The van der Waals surface area contributed by atoms with Gasteiger partial charge >= 0.3 is 0 Å². The Morgan fingerprint density at radius 3 is 2.37 bits per heavy atom. The molecule has 3 nitrogen and oxygen atoms in total. The van der Waals surface area contributed by atoms with E-state index >= 15 is 0 Å². The lowest BCUT2D eigenvalue weighted by Gasteiger charge is -2.44. The molecule has 3 heteroatoms. The standard InChI is InChI=1S/C16H36N2O/c1-6-8-9-10-11-16(4,14-17)18(12-13-19-5)15(3)7-2/h15H,6-14,17H2,1-5H3. The Morgan fingerprint density at radius 2 is 1.89 bits per heavy atom. The van der Waals surface area contributed by atoms with Crippen LogP contribution in [0.2, 0.25) is 0 Å². The third kappa shape index (κ3) is 6.73. The van der Waals surface area contributed by atoms with Crippen LogP contribution >= 0.6 is 0 Å². The number of unbranched alkanes of at least 4 members (excludes halogenated alkanes) is 3. The van der Waals surface area contributed by atoms with Crippen LogP contribution in [0, 0.1) is 0 Å². The van der Waals surface area contributed by atoms with Crippen LogP contribution < -0.4 is 5.73 Å². The molecule has 0 saturated heterocycles. The Labute approximate surface area is 120 Å². The smallest absolute Gasteiger partial charge is 0.0590 e. The molecule has 19 heavy (non-hydrogen) atoms. The molecular formula is C16H36N2O. The van der Waals surface area contributed by atoms with Gasteiger partial charge in [-0.05, 0) is 26.7 Å². The van der Waals surface area contributed by atoms with Crippen molar-refractivity contribution in [3.8, 4) is 0 Å². The quantitative estimate of drug-likeness (QED) is 0.553. The number of rotatable bonds is 12. The zero-order valence-corrected chi connectivity index (χ0v) is 13.9. The minimum absolute atomic E-state index is 0.113. The van der Waals surface area contributed by atoms with E-state index in [9.17, 15) is 0 Å². The van der Waals surface area contributed by atoms with Gasteiger partial charge in [0.1, 0.15) is 0 Å². The zero-order valence-electron chi connectivity index (χ0n) is 13.9. The van der Waals surface area contributed by atoms with Gasteiger partial charge in [-0.3, -0.25) is 4.90 Å². The third-order valence-electron chi connectivity index (χ3n) is 4.36. The average Bonchev–Trinajstić information content (AvgIpc) is 2.43. The van der Waals surface area contributed by atoms with Gasteiger partial charge in [0.25, 0.3) is 0 Å². The van der Waals surface area contributed by atoms with Crippen molar-refractivity contribution in [1.82, 2.24) is 4.90 Å². The van der Waals surface area contributed by atoms with Crippen molar-refractivity contribution in [1.29, 1.82) is 0 Å². The molecule has 0 bridgehead atoms. The molecule has 0 aliphatic heterocycles. The molecule has 0 amide bonds. The normalized spacial score (nSPS) is 16.6. The molecule has 0 rings (SSSR count). The highest BCUT2D eigenvalue weighted by Crippen LogP contribution is 2.25. The number of hydrogen-bond acceptors (Lipinski definition) is 3. The number of hydrogen-bond donors (Lipinski definition) is 1. The van der Waals surface area contributed by atoms with Crippen LogP contribution in [0.1, 0.15) is 66.2 Å². The van der Waals surface area contributed by atoms with Crippen molar-refractivity contribution in [2.45, 2.75) is 77.8 Å². The van der Waals surface area contributed by atoms with Crippen LogP contribution in [0.3, 0.4) is 0 Å². The van der Waals surface area contributed by atoms with Crippen LogP contribution in [-0.2, 0) is 4.74 Å². The Balaban J connectivity index is 4.57. The van der Waals surface area contributed by atoms with Crippen molar-refractivity contribution in [2.24, 2.45) is 5.73 Å². The second-order valence-corrected chi connectivity index (χ2v) is 5.96. The van der Waals surface area contributed by atoms with E-state index in [0.717, 1.165) is 26.1 Å². The van der Waals surface area contributed by atoms with Gasteiger partial charge in [0.2, 0.25) is 0 Å². The van der Waals surface area contributed by atoms with Crippen LogP contribution in [0.4, 0.5) is 0 Å². The Bertz CT molecular complexity index is 211. The van der Waals surface area contributed by atoms with Crippen LogP contribution in [-0.4, -0.2) is 43.3 Å². The topological polar surface area (TPSA) is 38.5 Å². The van der Waals surface area contributed by atoms with Gasteiger partial charge in [0, 0.05) is 31.8 Å². The molecule has 0 aromatic heterocycles. The molecule has 0 radical (unpaired) electrons. The summed E-state index contributed by atoms with van der Waals surface area (Å²) in [4.78, 5) is 2.56. The third-order valence-corrected chi connectivity index (χ3v) is 4.36. The van der Waals surface area contributed by atoms with Gasteiger partial charge in [-0.15, -0.1) is 0 Å². The Kier molecular flexibility index (Phi) is 10.6. The largest absolute Gasteiger partial charge is 0.383 e. The predicted octanol–water partition coefficient (Wildman–Crippen LogP) is 3.42. The van der Waals surface area contributed by atoms with E-state index in [1.54, 1.807) is 7.11 Å².